The molecule has 3 nitrogen and oxygen atoms in total. The number of rotatable bonds is 5. The lowest BCUT2D eigenvalue weighted by atomic mass is 10.1. The predicted octanol–water partition coefficient (Wildman–Crippen LogP) is 3.21. The average Bonchev–Trinajstić information content (AvgIpc) is 2.81. The molecular weight excluding hydrogens is 246 g/mol. The number of aromatic nitrogens is 1. The molecule has 18 heavy (non-hydrogen) atoms. The Morgan fingerprint density at radius 3 is 2.89 bits per heavy atom. The van der Waals surface area contributed by atoms with Gasteiger partial charge in [-0.05, 0) is 31.4 Å². The van der Waals surface area contributed by atoms with Gasteiger partial charge in [0.2, 0.25) is 0 Å². The van der Waals surface area contributed by atoms with E-state index in [2.05, 4.69) is 4.98 Å². The zero-order chi connectivity index (χ0) is 13.0. The summed E-state index contributed by atoms with van der Waals surface area (Å²) >= 11 is 1.65. The van der Waals surface area contributed by atoms with Crippen LogP contribution < -0.4 is 4.74 Å². The second-order valence-corrected chi connectivity index (χ2v) is 5.45. The predicted molar refractivity (Wildman–Crippen MR) is 73.0 cm³/mol. The zero-order valence-corrected chi connectivity index (χ0v) is 11.4. The summed E-state index contributed by atoms with van der Waals surface area (Å²) in [5, 5.41) is 12.2. The Balaban J connectivity index is 2.07. The van der Waals surface area contributed by atoms with Crippen molar-refractivity contribution in [3.05, 3.63) is 46.4 Å². The molecule has 0 aliphatic heterocycles. The Labute approximate surface area is 111 Å². The van der Waals surface area contributed by atoms with Crippen LogP contribution in [0.25, 0.3) is 0 Å². The molecule has 1 unspecified atom stereocenters. The largest absolute Gasteiger partial charge is 0.489 e. The molecule has 0 aromatic carbocycles. The first-order chi connectivity index (χ1) is 8.65. The van der Waals surface area contributed by atoms with Crippen molar-refractivity contribution >= 4 is 11.3 Å². The Bertz CT molecular complexity index is 482. The van der Waals surface area contributed by atoms with Gasteiger partial charge < -0.3 is 9.84 Å². The van der Waals surface area contributed by atoms with Crippen LogP contribution in [0, 0.1) is 0 Å². The van der Waals surface area contributed by atoms with Gasteiger partial charge in [0.05, 0.1) is 18.4 Å². The topological polar surface area (TPSA) is 42.4 Å². The van der Waals surface area contributed by atoms with Crippen molar-refractivity contribution in [2.45, 2.75) is 32.5 Å². The molecule has 0 spiro atoms. The molecule has 1 atom stereocenters. The molecule has 4 heteroatoms. The van der Waals surface area contributed by atoms with E-state index in [9.17, 15) is 5.11 Å². The fourth-order valence-electron chi connectivity index (χ4n) is 1.69. The van der Waals surface area contributed by atoms with Gasteiger partial charge in [-0.2, -0.15) is 0 Å². The van der Waals surface area contributed by atoms with E-state index < -0.39 is 6.10 Å². The number of aliphatic hydroxyl groups is 1. The molecular formula is C14H17NO2S. The Morgan fingerprint density at radius 1 is 1.39 bits per heavy atom. The van der Waals surface area contributed by atoms with Gasteiger partial charge in [0, 0.05) is 23.1 Å². The maximum Gasteiger partial charge on any atom is 0.138 e. The van der Waals surface area contributed by atoms with Gasteiger partial charge >= 0.3 is 0 Å². The first-order valence-corrected chi connectivity index (χ1v) is 6.85. The SMILES string of the molecule is CC(C)Oc1cncc(C(O)Cc2cccs2)c1. The standard InChI is InChI=1S/C14H17NO2S/c1-10(2)17-12-6-11(8-15-9-12)14(16)7-13-4-3-5-18-13/h3-6,8-10,14,16H,7H2,1-2H3. The highest BCUT2D eigenvalue weighted by Crippen LogP contribution is 2.23. The van der Waals surface area contributed by atoms with Crippen LogP contribution in [0.5, 0.6) is 5.75 Å². The molecule has 0 bridgehead atoms. The molecule has 0 fully saturated rings. The zero-order valence-electron chi connectivity index (χ0n) is 10.5. The number of hydrogen-bond acceptors (Lipinski definition) is 4. The van der Waals surface area contributed by atoms with E-state index in [1.807, 2.05) is 37.4 Å². The molecule has 0 aliphatic carbocycles. The first-order valence-electron chi connectivity index (χ1n) is 5.97. The highest BCUT2D eigenvalue weighted by atomic mass is 32.1. The fourth-order valence-corrected chi connectivity index (χ4v) is 2.43. The number of hydrogen-bond donors (Lipinski definition) is 1. The molecule has 2 aromatic rings. The van der Waals surface area contributed by atoms with Crippen LogP contribution in [-0.2, 0) is 6.42 Å². The first kappa shape index (κ1) is 13.1. The lowest BCUT2D eigenvalue weighted by Crippen LogP contribution is -2.07. The van der Waals surface area contributed by atoms with Crippen molar-refractivity contribution in [1.29, 1.82) is 0 Å². The van der Waals surface area contributed by atoms with Gasteiger partial charge in [0.25, 0.3) is 0 Å². The summed E-state index contributed by atoms with van der Waals surface area (Å²) in [6.45, 7) is 3.93. The van der Waals surface area contributed by atoms with Crippen LogP contribution in [0.4, 0.5) is 0 Å². The van der Waals surface area contributed by atoms with Gasteiger partial charge in [-0.15, -0.1) is 11.3 Å². The third kappa shape index (κ3) is 3.55. The number of thiophene rings is 1. The van der Waals surface area contributed by atoms with E-state index in [0.29, 0.717) is 12.2 Å². The quantitative estimate of drug-likeness (QED) is 0.900. The summed E-state index contributed by atoms with van der Waals surface area (Å²) in [5.74, 6) is 0.702. The van der Waals surface area contributed by atoms with Crippen LogP contribution in [0.1, 0.15) is 30.4 Å². The summed E-state index contributed by atoms with van der Waals surface area (Å²) in [4.78, 5) is 5.27. The van der Waals surface area contributed by atoms with Crippen molar-refractivity contribution in [1.82, 2.24) is 4.98 Å². The van der Waals surface area contributed by atoms with Crippen molar-refractivity contribution in [2.24, 2.45) is 0 Å². The summed E-state index contributed by atoms with van der Waals surface area (Å²) < 4.78 is 5.57. The molecule has 0 aliphatic rings. The Hall–Kier alpha value is -1.39. The van der Waals surface area contributed by atoms with Crippen molar-refractivity contribution < 1.29 is 9.84 Å². The second-order valence-electron chi connectivity index (χ2n) is 4.42. The van der Waals surface area contributed by atoms with Crippen LogP contribution in [0.3, 0.4) is 0 Å². The van der Waals surface area contributed by atoms with Crippen molar-refractivity contribution in [2.75, 3.05) is 0 Å². The molecule has 0 amide bonds. The lowest BCUT2D eigenvalue weighted by Gasteiger charge is -2.13. The minimum atomic E-state index is -0.535. The monoisotopic (exact) mass is 263 g/mol. The fraction of sp³-hybridized carbons (Fsp3) is 0.357. The van der Waals surface area contributed by atoms with Crippen LogP contribution in [-0.4, -0.2) is 16.2 Å². The second kappa shape index (κ2) is 5.98. The third-order valence-electron chi connectivity index (χ3n) is 2.47. The van der Waals surface area contributed by atoms with Crippen molar-refractivity contribution in [3.8, 4) is 5.75 Å². The average molecular weight is 263 g/mol. The molecule has 1 N–H and O–H groups in total. The number of nitrogens with zero attached hydrogens (tertiary/aromatic N) is 1. The van der Waals surface area contributed by atoms with E-state index in [1.165, 1.54) is 0 Å². The molecule has 2 heterocycles. The summed E-state index contributed by atoms with van der Waals surface area (Å²) in [5.41, 5.74) is 0.793. The number of pyridine rings is 1. The molecule has 2 aromatic heterocycles. The summed E-state index contributed by atoms with van der Waals surface area (Å²) in [6, 6.07) is 5.87. The summed E-state index contributed by atoms with van der Waals surface area (Å²) in [7, 11) is 0. The van der Waals surface area contributed by atoms with Gasteiger partial charge in [0.1, 0.15) is 5.75 Å². The van der Waals surface area contributed by atoms with Gasteiger partial charge in [-0.1, -0.05) is 6.07 Å². The van der Waals surface area contributed by atoms with E-state index >= 15 is 0 Å². The van der Waals surface area contributed by atoms with E-state index in [1.54, 1.807) is 23.7 Å². The Morgan fingerprint density at radius 2 is 2.22 bits per heavy atom. The Kier molecular flexibility index (Phi) is 4.33. The van der Waals surface area contributed by atoms with Gasteiger partial charge in [-0.25, -0.2) is 0 Å². The molecule has 0 radical (unpaired) electrons. The molecule has 2 rings (SSSR count). The maximum atomic E-state index is 10.2. The minimum absolute atomic E-state index is 0.108. The van der Waals surface area contributed by atoms with Gasteiger partial charge in [0.15, 0.2) is 0 Å². The third-order valence-corrected chi connectivity index (χ3v) is 3.36. The number of aliphatic hydroxyl groups excluding tert-OH is 1. The molecule has 0 saturated carbocycles. The summed E-state index contributed by atoms with van der Waals surface area (Å²) in [6.07, 6.45) is 3.54. The van der Waals surface area contributed by atoms with Crippen LogP contribution >= 0.6 is 11.3 Å². The molecule has 96 valence electrons. The minimum Gasteiger partial charge on any atom is -0.489 e. The van der Waals surface area contributed by atoms with E-state index in [-0.39, 0.29) is 6.10 Å². The highest BCUT2D eigenvalue weighted by molar-refractivity contribution is 7.09. The highest BCUT2D eigenvalue weighted by Gasteiger charge is 2.11. The smallest absolute Gasteiger partial charge is 0.138 e. The maximum absolute atomic E-state index is 10.2. The van der Waals surface area contributed by atoms with E-state index in [4.69, 9.17) is 4.74 Å². The van der Waals surface area contributed by atoms with E-state index in [0.717, 1.165) is 10.4 Å². The normalized spacial score (nSPS) is 12.7. The van der Waals surface area contributed by atoms with Crippen LogP contribution in [0.2, 0.25) is 0 Å². The number of ether oxygens (including phenoxy) is 1. The lowest BCUT2D eigenvalue weighted by molar-refractivity contribution is 0.177. The molecule has 0 saturated heterocycles. The van der Waals surface area contributed by atoms with Crippen LogP contribution in [0.15, 0.2) is 36.0 Å². The van der Waals surface area contributed by atoms with Crippen molar-refractivity contribution in [3.63, 3.8) is 0 Å². The van der Waals surface area contributed by atoms with Gasteiger partial charge in [-0.3, -0.25) is 4.98 Å².